The van der Waals surface area contributed by atoms with Crippen molar-refractivity contribution in [1.29, 1.82) is 0 Å². The molecule has 3 nitrogen and oxygen atoms in total. The third-order valence-electron chi connectivity index (χ3n) is 2.97. The minimum Gasteiger partial charge on any atom is -0.308 e. The molecule has 1 saturated heterocycles. The second kappa shape index (κ2) is 8.04. The van der Waals surface area contributed by atoms with Crippen LogP contribution in [0.25, 0.3) is 0 Å². The summed E-state index contributed by atoms with van der Waals surface area (Å²) in [4.78, 5) is 7.35. The van der Waals surface area contributed by atoms with Gasteiger partial charge in [-0.25, -0.2) is 0 Å². The number of hydrogen-bond acceptors (Lipinski definition) is 3. The van der Waals surface area contributed by atoms with Crippen LogP contribution in [0.2, 0.25) is 0 Å². The van der Waals surface area contributed by atoms with Crippen molar-refractivity contribution in [2.45, 2.75) is 39.8 Å². The third kappa shape index (κ3) is 5.28. The van der Waals surface area contributed by atoms with Crippen molar-refractivity contribution < 1.29 is 0 Å². The van der Waals surface area contributed by atoms with Gasteiger partial charge in [0, 0.05) is 38.3 Å². The van der Waals surface area contributed by atoms with Crippen LogP contribution in [0.3, 0.4) is 0 Å². The maximum absolute atomic E-state index is 2.62. The molecule has 0 amide bonds. The van der Waals surface area contributed by atoms with Gasteiger partial charge in [0.15, 0.2) is 0 Å². The Hall–Kier alpha value is -0.120. The van der Waals surface area contributed by atoms with Crippen molar-refractivity contribution in [2.75, 3.05) is 47.3 Å². The van der Waals surface area contributed by atoms with Crippen LogP contribution in [0, 0.1) is 0 Å². The zero-order valence-electron chi connectivity index (χ0n) is 12.3. The Balaban J connectivity index is 0.00000106. The first kappa shape index (κ1) is 15.9. The first-order chi connectivity index (χ1) is 7.50. The number of piperazine rings is 1. The fraction of sp³-hybridized carbons (Fsp3) is 1.00. The minimum atomic E-state index is 0.675. The summed E-state index contributed by atoms with van der Waals surface area (Å²) in [6.45, 7) is 13.4. The van der Waals surface area contributed by atoms with Crippen LogP contribution in [0.5, 0.6) is 0 Å². The topological polar surface area (TPSA) is 9.72 Å². The lowest BCUT2D eigenvalue weighted by Crippen LogP contribution is -2.57. The van der Waals surface area contributed by atoms with Crippen molar-refractivity contribution in [1.82, 2.24) is 14.7 Å². The van der Waals surface area contributed by atoms with Crippen molar-refractivity contribution in [3.05, 3.63) is 0 Å². The van der Waals surface area contributed by atoms with Gasteiger partial charge < -0.3 is 9.80 Å². The highest BCUT2D eigenvalue weighted by molar-refractivity contribution is 4.84. The molecular formula is C13H31N3. The smallest absolute Gasteiger partial charge is 0.0353 e. The number of hydrogen-bond donors (Lipinski definition) is 0. The van der Waals surface area contributed by atoms with Crippen LogP contribution >= 0.6 is 0 Å². The summed E-state index contributed by atoms with van der Waals surface area (Å²) in [6.07, 6.45) is 0. The fourth-order valence-corrected chi connectivity index (χ4v) is 2.29. The summed E-state index contributed by atoms with van der Waals surface area (Å²) in [5, 5.41) is 0. The van der Waals surface area contributed by atoms with Crippen molar-refractivity contribution in [3.8, 4) is 0 Å². The van der Waals surface area contributed by atoms with Crippen molar-refractivity contribution in [2.24, 2.45) is 0 Å². The Labute approximate surface area is 102 Å². The highest BCUT2D eigenvalue weighted by Crippen LogP contribution is 2.12. The minimum absolute atomic E-state index is 0.675. The van der Waals surface area contributed by atoms with Crippen LogP contribution in [0.15, 0.2) is 0 Å². The van der Waals surface area contributed by atoms with E-state index in [1.54, 1.807) is 0 Å². The Bertz CT molecular complexity index is 167. The molecule has 1 rings (SSSR count). The van der Waals surface area contributed by atoms with Gasteiger partial charge in [-0.05, 0) is 35.0 Å². The predicted molar refractivity (Wildman–Crippen MR) is 73.0 cm³/mol. The largest absolute Gasteiger partial charge is 0.308 e. The van der Waals surface area contributed by atoms with Crippen LogP contribution in [0.1, 0.15) is 27.7 Å². The van der Waals surface area contributed by atoms with E-state index in [4.69, 9.17) is 0 Å². The lowest BCUT2D eigenvalue weighted by Gasteiger charge is -2.43. The molecule has 0 bridgehead atoms. The van der Waals surface area contributed by atoms with E-state index in [1.165, 1.54) is 26.2 Å². The zero-order chi connectivity index (χ0) is 12.7. The molecule has 0 saturated carbocycles. The zero-order valence-corrected chi connectivity index (χ0v) is 12.3. The first-order valence-electron chi connectivity index (χ1n) is 6.59. The molecule has 98 valence electrons. The molecule has 1 aliphatic rings. The van der Waals surface area contributed by atoms with Gasteiger partial charge in [0.05, 0.1) is 0 Å². The molecule has 0 N–H and O–H groups in total. The van der Waals surface area contributed by atoms with Gasteiger partial charge in [-0.2, -0.15) is 0 Å². The molecule has 0 aromatic carbocycles. The van der Waals surface area contributed by atoms with E-state index < -0.39 is 0 Å². The molecule has 0 spiro atoms. The monoisotopic (exact) mass is 229 g/mol. The second-order valence-corrected chi connectivity index (χ2v) is 5.01. The van der Waals surface area contributed by atoms with Gasteiger partial charge in [-0.15, -0.1) is 0 Å². The van der Waals surface area contributed by atoms with Crippen LogP contribution in [0.4, 0.5) is 0 Å². The van der Waals surface area contributed by atoms with E-state index in [-0.39, 0.29) is 0 Å². The maximum Gasteiger partial charge on any atom is 0.0353 e. The average molecular weight is 229 g/mol. The summed E-state index contributed by atoms with van der Waals surface area (Å²) < 4.78 is 0. The van der Waals surface area contributed by atoms with Gasteiger partial charge in [0.25, 0.3) is 0 Å². The SMILES string of the molecule is CC.CC(C)N1CCN(C)CC1CN(C)C. The molecule has 0 aromatic rings. The molecule has 1 heterocycles. The Morgan fingerprint density at radius 3 is 2.19 bits per heavy atom. The molecule has 1 unspecified atom stereocenters. The second-order valence-electron chi connectivity index (χ2n) is 5.01. The molecular weight excluding hydrogens is 198 g/mol. The standard InChI is InChI=1S/C11H25N3.C2H6/c1-10(2)14-7-6-13(5)9-11(14)8-12(3)4;1-2/h10-11H,6-9H2,1-5H3;1-2H3. The normalized spacial score (nSPS) is 23.4. The Kier molecular flexibility index (Phi) is 7.98. The summed E-state index contributed by atoms with van der Waals surface area (Å²) in [5.74, 6) is 0. The van der Waals surface area contributed by atoms with E-state index in [0.29, 0.717) is 12.1 Å². The first-order valence-corrected chi connectivity index (χ1v) is 6.59. The van der Waals surface area contributed by atoms with E-state index in [2.05, 4.69) is 49.7 Å². The lowest BCUT2D eigenvalue weighted by molar-refractivity contribution is 0.0500. The molecule has 16 heavy (non-hydrogen) atoms. The quantitative estimate of drug-likeness (QED) is 0.728. The van der Waals surface area contributed by atoms with Gasteiger partial charge in [0.2, 0.25) is 0 Å². The summed E-state index contributed by atoms with van der Waals surface area (Å²) in [5.41, 5.74) is 0. The summed E-state index contributed by atoms with van der Waals surface area (Å²) >= 11 is 0. The van der Waals surface area contributed by atoms with E-state index in [0.717, 1.165) is 0 Å². The van der Waals surface area contributed by atoms with E-state index >= 15 is 0 Å². The van der Waals surface area contributed by atoms with E-state index in [9.17, 15) is 0 Å². The highest BCUT2D eigenvalue weighted by atomic mass is 15.3. The maximum atomic E-state index is 2.62. The van der Waals surface area contributed by atoms with Crippen LogP contribution in [-0.2, 0) is 0 Å². The van der Waals surface area contributed by atoms with Gasteiger partial charge in [0.1, 0.15) is 0 Å². The Morgan fingerprint density at radius 1 is 1.19 bits per heavy atom. The summed E-state index contributed by atoms with van der Waals surface area (Å²) in [6, 6.07) is 1.37. The summed E-state index contributed by atoms with van der Waals surface area (Å²) in [7, 11) is 6.54. The number of rotatable bonds is 3. The van der Waals surface area contributed by atoms with Gasteiger partial charge in [-0.3, -0.25) is 4.90 Å². The predicted octanol–water partition coefficient (Wildman–Crippen LogP) is 1.60. The van der Waals surface area contributed by atoms with Crippen molar-refractivity contribution >= 4 is 0 Å². The lowest BCUT2D eigenvalue weighted by atomic mass is 10.1. The highest BCUT2D eigenvalue weighted by Gasteiger charge is 2.26. The molecule has 1 aliphatic heterocycles. The van der Waals surface area contributed by atoms with Crippen LogP contribution < -0.4 is 0 Å². The average Bonchev–Trinajstić information content (AvgIpc) is 2.19. The molecule has 0 aliphatic carbocycles. The Morgan fingerprint density at radius 2 is 1.75 bits per heavy atom. The van der Waals surface area contributed by atoms with Crippen LogP contribution in [-0.4, -0.2) is 74.1 Å². The van der Waals surface area contributed by atoms with E-state index in [1.807, 2.05) is 13.8 Å². The third-order valence-corrected chi connectivity index (χ3v) is 2.97. The van der Waals surface area contributed by atoms with Gasteiger partial charge >= 0.3 is 0 Å². The fourth-order valence-electron chi connectivity index (χ4n) is 2.29. The number of likely N-dealkylation sites (N-methyl/N-ethyl adjacent to an activating group) is 2. The van der Waals surface area contributed by atoms with Crippen molar-refractivity contribution in [3.63, 3.8) is 0 Å². The molecule has 1 atom stereocenters. The van der Waals surface area contributed by atoms with Gasteiger partial charge in [-0.1, -0.05) is 13.8 Å². The molecule has 3 heteroatoms. The molecule has 0 radical (unpaired) electrons. The number of nitrogens with zero attached hydrogens (tertiary/aromatic N) is 3. The molecule has 0 aromatic heterocycles. The molecule has 1 fully saturated rings.